The number of fused-ring (bicyclic) bond motifs is 1. The molecular weight excluding hydrogens is 440 g/mol. The molecule has 1 aliphatic rings. The van der Waals surface area contributed by atoms with Gasteiger partial charge in [-0.2, -0.15) is 0 Å². The lowest BCUT2D eigenvalue weighted by Gasteiger charge is -2.51. The zero-order valence-electron chi connectivity index (χ0n) is 19.7. The van der Waals surface area contributed by atoms with Crippen molar-refractivity contribution >= 4 is 23.4 Å². The molecule has 34 heavy (non-hydrogen) atoms. The number of H-pyrrole nitrogens is 1. The topological polar surface area (TPSA) is 61.9 Å². The summed E-state index contributed by atoms with van der Waals surface area (Å²) in [6.07, 6.45) is 0.830. The number of hydrogen-bond donors (Lipinski definition) is 1. The van der Waals surface area contributed by atoms with Crippen LogP contribution in [0.4, 0.5) is 5.69 Å². The van der Waals surface area contributed by atoms with Gasteiger partial charge < -0.3 is 4.90 Å². The summed E-state index contributed by atoms with van der Waals surface area (Å²) in [5.41, 5.74) is 3.87. The second-order valence-corrected chi connectivity index (χ2v) is 10.5. The van der Waals surface area contributed by atoms with Crippen molar-refractivity contribution in [1.82, 2.24) is 15.2 Å². The number of carbonyl (C=O) groups excluding carboxylic acids is 1. The molecule has 0 spiro atoms. The van der Waals surface area contributed by atoms with Gasteiger partial charge in [-0.3, -0.25) is 9.89 Å². The first-order chi connectivity index (χ1) is 16.4. The van der Waals surface area contributed by atoms with E-state index in [4.69, 9.17) is 0 Å². The maximum absolute atomic E-state index is 13.6. The minimum Gasteiger partial charge on any atom is -0.306 e. The van der Waals surface area contributed by atoms with Gasteiger partial charge in [0.1, 0.15) is 0 Å². The maximum atomic E-state index is 13.6. The van der Waals surface area contributed by atoms with E-state index in [0.29, 0.717) is 11.0 Å². The Kier molecular flexibility index (Phi) is 5.78. The highest BCUT2D eigenvalue weighted by molar-refractivity contribution is 7.99. The van der Waals surface area contributed by atoms with E-state index in [1.54, 1.807) is 0 Å². The number of nitrogens with zero attached hydrogens (tertiary/aromatic N) is 3. The number of aromatic amines is 1. The summed E-state index contributed by atoms with van der Waals surface area (Å²) in [4.78, 5) is 20.2. The number of para-hydroxylation sites is 1. The predicted molar refractivity (Wildman–Crippen MR) is 138 cm³/mol. The predicted octanol–water partition coefficient (Wildman–Crippen LogP) is 6.09. The van der Waals surface area contributed by atoms with Crippen molar-refractivity contribution in [2.75, 3.05) is 10.7 Å². The SMILES string of the molecule is CC1(C)C[C@@](C)(c2ccccc2)c2ccccc2N1C(=O)CSc1n[nH]c(-c2ccccc2)n1. The van der Waals surface area contributed by atoms with Gasteiger partial charge in [0.15, 0.2) is 5.82 Å². The standard InChI is InChI=1S/C28H28N4OS/c1-27(2)19-28(3,21-14-8-5-9-15-21)22-16-10-11-17-23(22)32(27)24(33)18-34-26-29-25(30-31-26)20-12-6-4-7-13-20/h4-17H,18-19H2,1-3H3,(H,29,30,31)/t28-/m0/s1. The van der Waals surface area contributed by atoms with Gasteiger partial charge in [-0.1, -0.05) is 97.5 Å². The normalized spacial score (nSPS) is 19.0. The third kappa shape index (κ3) is 4.03. The average Bonchev–Trinajstić information content (AvgIpc) is 3.32. The third-order valence-corrected chi connectivity index (χ3v) is 7.46. The molecular formula is C28H28N4OS. The summed E-state index contributed by atoms with van der Waals surface area (Å²) in [7, 11) is 0. The van der Waals surface area contributed by atoms with Crippen molar-refractivity contribution in [2.45, 2.75) is 43.3 Å². The van der Waals surface area contributed by atoms with Crippen molar-refractivity contribution in [1.29, 1.82) is 0 Å². The summed E-state index contributed by atoms with van der Waals surface area (Å²) in [5, 5.41) is 7.86. The number of thioether (sulfide) groups is 1. The van der Waals surface area contributed by atoms with Crippen molar-refractivity contribution < 1.29 is 4.79 Å². The first-order valence-electron chi connectivity index (χ1n) is 11.5. The fourth-order valence-corrected chi connectivity index (χ4v) is 5.91. The van der Waals surface area contributed by atoms with Gasteiger partial charge in [-0.05, 0) is 37.5 Å². The summed E-state index contributed by atoms with van der Waals surface area (Å²) < 4.78 is 0. The molecule has 1 amide bonds. The Morgan fingerprint density at radius 3 is 2.32 bits per heavy atom. The highest BCUT2D eigenvalue weighted by atomic mass is 32.2. The Labute approximate surface area is 204 Å². The molecule has 0 bridgehead atoms. The molecule has 5 rings (SSSR count). The van der Waals surface area contributed by atoms with Gasteiger partial charge in [0, 0.05) is 22.2 Å². The van der Waals surface area contributed by atoms with Crippen LogP contribution in [0.3, 0.4) is 0 Å². The Balaban J connectivity index is 1.41. The first kappa shape index (κ1) is 22.4. The molecule has 1 aromatic heterocycles. The van der Waals surface area contributed by atoms with Crippen LogP contribution in [-0.2, 0) is 10.2 Å². The van der Waals surface area contributed by atoms with Crippen molar-refractivity contribution in [2.24, 2.45) is 0 Å². The van der Waals surface area contributed by atoms with Gasteiger partial charge in [0.25, 0.3) is 0 Å². The summed E-state index contributed by atoms with van der Waals surface area (Å²) in [6.45, 7) is 6.61. The van der Waals surface area contributed by atoms with Crippen LogP contribution in [0.15, 0.2) is 90.1 Å². The second kappa shape index (κ2) is 8.76. The zero-order chi connectivity index (χ0) is 23.8. The number of benzene rings is 3. The maximum Gasteiger partial charge on any atom is 0.237 e. The molecule has 5 nitrogen and oxygen atoms in total. The molecule has 0 unspecified atom stereocenters. The molecule has 0 radical (unpaired) electrons. The molecule has 1 N–H and O–H groups in total. The van der Waals surface area contributed by atoms with Crippen LogP contribution >= 0.6 is 11.8 Å². The third-order valence-electron chi connectivity index (χ3n) is 6.63. The van der Waals surface area contributed by atoms with Crippen molar-refractivity contribution in [3.63, 3.8) is 0 Å². The van der Waals surface area contributed by atoms with Crippen LogP contribution in [0.25, 0.3) is 11.4 Å². The smallest absolute Gasteiger partial charge is 0.237 e. The Bertz CT molecular complexity index is 1300. The van der Waals surface area contributed by atoms with Crippen LogP contribution in [0.1, 0.15) is 38.3 Å². The molecule has 4 aromatic rings. The lowest BCUT2D eigenvalue weighted by atomic mass is 9.65. The number of anilines is 1. The molecule has 0 aliphatic carbocycles. The van der Waals surface area contributed by atoms with Gasteiger partial charge in [-0.15, -0.1) is 5.10 Å². The number of nitrogens with one attached hydrogen (secondary N) is 1. The molecule has 6 heteroatoms. The summed E-state index contributed by atoms with van der Waals surface area (Å²) in [5.74, 6) is 1.03. The Hall–Kier alpha value is -3.38. The second-order valence-electron chi connectivity index (χ2n) is 9.55. The number of rotatable bonds is 5. The molecule has 0 fully saturated rings. The number of aromatic nitrogens is 3. The van der Waals surface area contributed by atoms with E-state index in [9.17, 15) is 4.79 Å². The van der Waals surface area contributed by atoms with Crippen molar-refractivity contribution in [3.8, 4) is 11.4 Å². The minimum absolute atomic E-state index is 0.0589. The minimum atomic E-state index is -0.356. The fraction of sp³-hybridized carbons (Fsp3) is 0.250. The summed E-state index contributed by atoms with van der Waals surface area (Å²) >= 11 is 1.36. The van der Waals surface area contributed by atoms with E-state index in [-0.39, 0.29) is 22.6 Å². The number of hydrogen-bond acceptors (Lipinski definition) is 4. The quantitative estimate of drug-likeness (QED) is 0.360. The van der Waals surface area contributed by atoms with E-state index in [1.165, 1.54) is 22.9 Å². The Morgan fingerprint density at radius 2 is 1.59 bits per heavy atom. The van der Waals surface area contributed by atoms with Crippen LogP contribution in [0, 0.1) is 0 Å². The molecule has 172 valence electrons. The van der Waals surface area contributed by atoms with E-state index < -0.39 is 0 Å². The van der Waals surface area contributed by atoms with Gasteiger partial charge in [-0.25, -0.2) is 4.98 Å². The molecule has 1 aliphatic heterocycles. The average molecular weight is 469 g/mol. The highest BCUT2D eigenvalue weighted by Gasteiger charge is 2.47. The van der Waals surface area contributed by atoms with E-state index in [0.717, 1.165) is 17.7 Å². The molecule has 0 saturated heterocycles. The largest absolute Gasteiger partial charge is 0.306 e. The van der Waals surface area contributed by atoms with E-state index in [1.807, 2.05) is 47.4 Å². The first-order valence-corrected chi connectivity index (χ1v) is 12.5. The zero-order valence-corrected chi connectivity index (χ0v) is 20.5. The fourth-order valence-electron chi connectivity index (χ4n) is 5.26. The van der Waals surface area contributed by atoms with Crippen LogP contribution in [0.5, 0.6) is 0 Å². The van der Waals surface area contributed by atoms with E-state index >= 15 is 0 Å². The molecule has 2 heterocycles. The van der Waals surface area contributed by atoms with Gasteiger partial charge >= 0.3 is 0 Å². The lowest BCUT2D eigenvalue weighted by Crippen LogP contribution is -2.56. The van der Waals surface area contributed by atoms with Crippen LogP contribution < -0.4 is 4.90 Å². The number of carbonyl (C=O) groups is 1. The Morgan fingerprint density at radius 1 is 0.941 bits per heavy atom. The van der Waals surface area contributed by atoms with Crippen LogP contribution in [-0.4, -0.2) is 32.4 Å². The molecule has 1 atom stereocenters. The number of amides is 1. The van der Waals surface area contributed by atoms with Crippen LogP contribution in [0.2, 0.25) is 0 Å². The highest BCUT2D eigenvalue weighted by Crippen LogP contribution is 2.50. The molecule has 3 aromatic carbocycles. The van der Waals surface area contributed by atoms with Crippen molar-refractivity contribution in [3.05, 3.63) is 96.1 Å². The van der Waals surface area contributed by atoms with Gasteiger partial charge in [0.05, 0.1) is 5.75 Å². The molecule has 0 saturated carbocycles. The van der Waals surface area contributed by atoms with E-state index in [2.05, 4.69) is 78.4 Å². The van der Waals surface area contributed by atoms with Gasteiger partial charge in [0.2, 0.25) is 11.1 Å². The lowest BCUT2D eigenvalue weighted by molar-refractivity contribution is -0.117. The summed E-state index contributed by atoms with van der Waals surface area (Å²) in [6, 6.07) is 28.8. The monoisotopic (exact) mass is 468 g/mol.